The van der Waals surface area contributed by atoms with Gasteiger partial charge in [0.2, 0.25) is 0 Å². The van der Waals surface area contributed by atoms with E-state index < -0.39 is 5.54 Å². The first kappa shape index (κ1) is 26.2. The normalized spacial score (nSPS) is 15.5. The van der Waals surface area contributed by atoms with Gasteiger partial charge in [-0.1, -0.05) is 42.0 Å². The Kier molecular flexibility index (Phi) is 8.51. The van der Waals surface area contributed by atoms with E-state index in [-0.39, 0.29) is 24.5 Å². The summed E-state index contributed by atoms with van der Waals surface area (Å²) in [6, 6.07) is 15.2. The average Bonchev–Trinajstić information content (AvgIpc) is 3.26. The van der Waals surface area contributed by atoms with Crippen molar-refractivity contribution in [3.8, 4) is 5.75 Å². The minimum Gasteiger partial charge on any atom is -0.497 e. The van der Waals surface area contributed by atoms with E-state index in [4.69, 9.17) is 14.6 Å². The smallest absolute Gasteiger partial charge is 0.318 e. The van der Waals surface area contributed by atoms with Crippen LogP contribution in [0.25, 0.3) is 0 Å². The van der Waals surface area contributed by atoms with Gasteiger partial charge < -0.3 is 19.7 Å². The van der Waals surface area contributed by atoms with Gasteiger partial charge in [-0.15, -0.1) is 0 Å². The molecule has 1 atom stereocenters. The van der Waals surface area contributed by atoms with Crippen molar-refractivity contribution in [2.75, 3.05) is 33.9 Å². The maximum Gasteiger partial charge on any atom is 0.318 e. The van der Waals surface area contributed by atoms with Crippen molar-refractivity contribution in [1.29, 1.82) is 0 Å². The molecule has 188 valence electrons. The van der Waals surface area contributed by atoms with E-state index in [0.717, 1.165) is 28.2 Å². The van der Waals surface area contributed by atoms with Crippen LogP contribution in [-0.4, -0.2) is 67.0 Å². The molecule has 1 aliphatic heterocycles. The van der Waals surface area contributed by atoms with Gasteiger partial charge in [-0.3, -0.25) is 4.79 Å². The number of amides is 3. The van der Waals surface area contributed by atoms with Gasteiger partial charge in [0.05, 0.1) is 25.5 Å². The Morgan fingerprint density at radius 3 is 2.49 bits per heavy atom. The van der Waals surface area contributed by atoms with Crippen LogP contribution in [0.1, 0.15) is 49.9 Å². The summed E-state index contributed by atoms with van der Waals surface area (Å²) in [6.45, 7) is 8.24. The molecule has 0 spiro atoms. The molecule has 0 bridgehead atoms. The first-order valence-corrected chi connectivity index (χ1v) is 11.8. The predicted octanol–water partition coefficient (Wildman–Crippen LogP) is 4.14. The summed E-state index contributed by atoms with van der Waals surface area (Å²) in [5.74, 6) is 0.472. The third-order valence-corrected chi connectivity index (χ3v) is 5.69. The molecule has 3 amide bonds. The number of ether oxygens (including phenoxy) is 2. The number of hydrogen-bond acceptors (Lipinski definition) is 5. The number of benzene rings is 2. The minimum absolute atomic E-state index is 0.109. The average molecular weight is 481 g/mol. The van der Waals surface area contributed by atoms with Crippen LogP contribution in [0.5, 0.6) is 5.75 Å². The van der Waals surface area contributed by atoms with Crippen LogP contribution in [0.15, 0.2) is 53.6 Å². The lowest BCUT2D eigenvalue weighted by Crippen LogP contribution is -2.52. The van der Waals surface area contributed by atoms with Gasteiger partial charge in [0.1, 0.15) is 12.3 Å². The molecular formula is C27H36N4O4. The van der Waals surface area contributed by atoms with Crippen molar-refractivity contribution < 1.29 is 19.1 Å². The van der Waals surface area contributed by atoms with Crippen molar-refractivity contribution in [2.24, 2.45) is 5.10 Å². The van der Waals surface area contributed by atoms with Crippen molar-refractivity contribution in [2.45, 2.75) is 45.7 Å². The van der Waals surface area contributed by atoms with E-state index >= 15 is 0 Å². The molecule has 0 aliphatic carbocycles. The monoisotopic (exact) mass is 480 g/mol. The largest absolute Gasteiger partial charge is 0.497 e. The highest BCUT2D eigenvalue weighted by Gasteiger charge is 2.34. The van der Waals surface area contributed by atoms with Gasteiger partial charge in [-0.25, -0.2) is 9.80 Å². The van der Waals surface area contributed by atoms with Gasteiger partial charge in [0, 0.05) is 31.2 Å². The highest BCUT2D eigenvalue weighted by atomic mass is 16.5. The first-order valence-electron chi connectivity index (χ1n) is 11.8. The number of methoxy groups -OCH3 is 2. The molecule has 0 fully saturated rings. The van der Waals surface area contributed by atoms with Gasteiger partial charge in [-0.2, -0.15) is 5.10 Å². The number of urea groups is 1. The van der Waals surface area contributed by atoms with Gasteiger partial charge in [0.25, 0.3) is 5.91 Å². The van der Waals surface area contributed by atoms with Crippen LogP contribution in [0.2, 0.25) is 0 Å². The van der Waals surface area contributed by atoms with E-state index in [9.17, 15) is 9.59 Å². The molecule has 35 heavy (non-hydrogen) atoms. The molecular weight excluding hydrogens is 444 g/mol. The molecule has 0 radical (unpaired) electrons. The number of hydrogen-bond donors (Lipinski definition) is 1. The topological polar surface area (TPSA) is 83.5 Å². The molecule has 2 aromatic rings. The molecule has 0 saturated heterocycles. The van der Waals surface area contributed by atoms with Crippen LogP contribution in [-0.2, 0) is 9.53 Å². The molecule has 3 rings (SSSR count). The number of nitrogens with one attached hydrogen (secondary N) is 1. The summed E-state index contributed by atoms with van der Waals surface area (Å²) in [4.78, 5) is 27.9. The second kappa shape index (κ2) is 11.4. The minimum atomic E-state index is -0.429. The van der Waals surface area contributed by atoms with E-state index in [1.54, 1.807) is 14.2 Å². The summed E-state index contributed by atoms with van der Waals surface area (Å²) < 4.78 is 10.5. The highest BCUT2D eigenvalue weighted by molar-refractivity contribution is 6.03. The quantitative estimate of drug-likeness (QED) is 0.616. The molecule has 1 unspecified atom stereocenters. The lowest BCUT2D eigenvalue weighted by Gasteiger charge is -2.30. The molecule has 2 aromatic carbocycles. The number of rotatable bonds is 8. The lowest BCUT2D eigenvalue weighted by atomic mass is 9.97. The number of carbonyl (C=O) groups excluding carboxylic acids is 2. The second-order valence-corrected chi connectivity index (χ2v) is 9.74. The number of hydrazone groups is 1. The zero-order valence-corrected chi connectivity index (χ0v) is 21.5. The number of carbonyl (C=O) groups is 2. The van der Waals surface area contributed by atoms with E-state index in [0.29, 0.717) is 19.6 Å². The van der Waals surface area contributed by atoms with Crippen molar-refractivity contribution >= 4 is 17.6 Å². The summed E-state index contributed by atoms with van der Waals surface area (Å²) in [6.07, 6.45) is 0.564. The van der Waals surface area contributed by atoms with E-state index in [1.165, 1.54) is 9.91 Å². The fourth-order valence-electron chi connectivity index (χ4n) is 3.86. The summed E-state index contributed by atoms with van der Waals surface area (Å²) >= 11 is 0. The first-order chi connectivity index (χ1) is 16.6. The van der Waals surface area contributed by atoms with Gasteiger partial charge in [-0.05, 0) is 45.4 Å². The number of nitrogens with zero attached hydrogens (tertiary/aromatic N) is 3. The van der Waals surface area contributed by atoms with Gasteiger partial charge >= 0.3 is 6.03 Å². The van der Waals surface area contributed by atoms with Gasteiger partial charge in [0.15, 0.2) is 0 Å². The van der Waals surface area contributed by atoms with Crippen LogP contribution in [0.4, 0.5) is 4.79 Å². The molecule has 0 saturated carbocycles. The third-order valence-electron chi connectivity index (χ3n) is 5.69. The fourth-order valence-corrected chi connectivity index (χ4v) is 3.86. The molecule has 8 nitrogen and oxygen atoms in total. The van der Waals surface area contributed by atoms with Crippen molar-refractivity contribution in [1.82, 2.24) is 15.2 Å². The van der Waals surface area contributed by atoms with Crippen molar-refractivity contribution in [3.63, 3.8) is 0 Å². The van der Waals surface area contributed by atoms with Crippen LogP contribution < -0.4 is 10.1 Å². The predicted molar refractivity (Wildman–Crippen MR) is 137 cm³/mol. The maximum absolute atomic E-state index is 13.6. The maximum atomic E-state index is 13.6. The zero-order chi connectivity index (χ0) is 25.6. The number of aryl methyl sites for hydroxylation is 1. The molecule has 8 heteroatoms. The summed E-state index contributed by atoms with van der Waals surface area (Å²) in [5, 5.41) is 9.19. The van der Waals surface area contributed by atoms with E-state index in [1.807, 2.05) is 76.2 Å². The Bertz CT molecular complexity index is 1060. The molecule has 0 aromatic heterocycles. The van der Waals surface area contributed by atoms with E-state index in [2.05, 4.69) is 5.32 Å². The Morgan fingerprint density at radius 2 is 1.86 bits per heavy atom. The SMILES string of the molecule is COCCN(CC(=O)N1N=C(c2cccc(OC)c2)CC1c1ccc(C)cc1)C(=O)NC(C)(C)C. The molecule has 1 aliphatic rings. The van der Waals surface area contributed by atoms with Crippen molar-refractivity contribution in [3.05, 3.63) is 65.2 Å². The summed E-state index contributed by atoms with van der Waals surface area (Å²) in [7, 11) is 3.19. The third kappa shape index (κ3) is 7.05. The summed E-state index contributed by atoms with van der Waals surface area (Å²) in [5.41, 5.74) is 3.40. The lowest BCUT2D eigenvalue weighted by molar-refractivity contribution is -0.133. The standard InChI is InChI=1S/C27H36N4O4/c1-19-10-12-20(13-11-19)24-17-23(21-8-7-9-22(16-21)35-6)29-31(24)25(32)18-30(14-15-34-5)26(33)28-27(2,3)4/h7-13,16,24H,14-15,17-18H2,1-6H3,(H,28,33). The molecule has 1 N–H and O–H groups in total. The van der Waals surface area contributed by atoms with Crippen LogP contribution in [0.3, 0.4) is 0 Å². The van der Waals surface area contributed by atoms with Crippen LogP contribution in [0, 0.1) is 6.92 Å². The highest BCUT2D eigenvalue weighted by Crippen LogP contribution is 2.33. The second-order valence-electron chi connectivity index (χ2n) is 9.74. The Balaban J connectivity index is 1.90. The Morgan fingerprint density at radius 1 is 1.14 bits per heavy atom. The Labute approximate surface area is 207 Å². The molecule has 1 heterocycles. The fraction of sp³-hybridized carbons (Fsp3) is 0.444. The van der Waals surface area contributed by atoms with Crippen LogP contribution >= 0.6 is 0 Å². The Hall–Kier alpha value is -3.39. The zero-order valence-electron chi connectivity index (χ0n) is 21.5.